The molecule has 0 unspecified atom stereocenters. The predicted octanol–water partition coefficient (Wildman–Crippen LogP) is 4.02. The highest BCUT2D eigenvalue weighted by Gasteiger charge is 2.17. The van der Waals surface area contributed by atoms with E-state index < -0.39 is 0 Å². The molecule has 0 saturated heterocycles. The molecular formula is C12H12ClNS2. The molecule has 3 heterocycles. The fourth-order valence-electron chi connectivity index (χ4n) is 2.10. The molecule has 0 N–H and O–H groups in total. The van der Waals surface area contributed by atoms with Gasteiger partial charge in [-0.1, -0.05) is 11.6 Å². The van der Waals surface area contributed by atoms with Gasteiger partial charge in [0.15, 0.2) is 0 Å². The molecule has 16 heavy (non-hydrogen) atoms. The van der Waals surface area contributed by atoms with E-state index in [1.807, 2.05) is 17.4 Å². The van der Waals surface area contributed by atoms with Crippen LogP contribution in [0.4, 0.5) is 0 Å². The molecule has 1 aliphatic rings. The summed E-state index contributed by atoms with van der Waals surface area (Å²) in [5.74, 6) is 0. The largest absolute Gasteiger partial charge is 0.294 e. The Morgan fingerprint density at radius 2 is 2.25 bits per heavy atom. The Labute approximate surface area is 108 Å². The fourth-order valence-corrected chi connectivity index (χ4v) is 4.12. The minimum Gasteiger partial charge on any atom is -0.294 e. The Morgan fingerprint density at radius 1 is 1.31 bits per heavy atom. The summed E-state index contributed by atoms with van der Waals surface area (Å²) in [6.07, 6.45) is 1.20. The summed E-state index contributed by atoms with van der Waals surface area (Å²) in [5, 5.41) is 2.20. The van der Waals surface area contributed by atoms with E-state index in [0.717, 1.165) is 17.4 Å². The van der Waals surface area contributed by atoms with E-state index in [-0.39, 0.29) is 0 Å². The lowest BCUT2D eigenvalue weighted by Gasteiger charge is -2.26. The molecule has 0 spiro atoms. The van der Waals surface area contributed by atoms with Crippen molar-refractivity contribution in [2.45, 2.75) is 19.5 Å². The van der Waals surface area contributed by atoms with E-state index in [4.69, 9.17) is 11.6 Å². The number of rotatable bonds is 2. The lowest BCUT2D eigenvalue weighted by molar-refractivity contribution is 0.249. The molecule has 1 aliphatic heterocycles. The molecule has 0 aromatic carbocycles. The van der Waals surface area contributed by atoms with E-state index in [2.05, 4.69) is 22.4 Å². The average Bonchev–Trinajstić information content (AvgIpc) is 2.87. The highest BCUT2D eigenvalue weighted by Crippen LogP contribution is 2.27. The van der Waals surface area contributed by atoms with Gasteiger partial charge in [0.05, 0.1) is 4.34 Å². The van der Waals surface area contributed by atoms with Gasteiger partial charge in [-0.05, 0) is 35.6 Å². The van der Waals surface area contributed by atoms with Crippen molar-refractivity contribution in [1.29, 1.82) is 0 Å². The molecule has 2 aromatic heterocycles. The lowest BCUT2D eigenvalue weighted by Crippen LogP contribution is -2.28. The average molecular weight is 270 g/mol. The second kappa shape index (κ2) is 4.49. The molecular weight excluding hydrogens is 258 g/mol. The van der Waals surface area contributed by atoms with Crippen LogP contribution in [0.25, 0.3) is 0 Å². The van der Waals surface area contributed by atoms with Crippen molar-refractivity contribution in [2.24, 2.45) is 0 Å². The zero-order valence-electron chi connectivity index (χ0n) is 8.78. The molecule has 84 valence electrons. The van der Waals surface area contributed by atoms with Crippen LogP contribution in [-0.4, -0.2) is 11.4 Å². The molecule has 3 rings (SSSR count). The Bertz CT molecular complexity index is 489. The van der Waals surface area contributed by atoms with Crippen LogP contribution in [0.15, 0.2) is 23.6 Å². The molecule has 0 saturated carbocycles. The second-order valence-corrected chi connectivity index (χ2v) is 6.84. The van der Waals surface area contributed by atoms with Gasteiger partial charge in [-0.25, -0.2) is 0 Å². The molecule has 0 bridgehead atoms. The van der Waals surface area contributed by atoms with Crippen LogP contribution in [0.1, 0.15) is 15.3 Å². The van der Waals surface area contributed by atoms with E-state index in [0.29, 0.717) is 0 Å². The Balaban J connectivity index is 1.70. The topological polar surface area (TPSA) is 3.24 Å². The van der Waals surface area contributed by atoms with Gasteiger partial charge in [0, 0.05) is 29.4 Å². The minimum absolute atomic E-state index is 0.892. The van der Waals surface area contributed by atoms with E-state index >= 15 is 0 Å². The summed E-state index contributed by atoms with van der Waals surface area (Å²) < 4.78 is 0.892. The van der Waals surface area contributed by atoms with E-state index in [9.17, 15) is 0 Å². The quantitative estimate of drug-likeness (QED) is 0.796. The van der Waals surface area contributed by atoms with Crippen LogP contribution >= 0.6 is 34.3 Å². The van der Waals surface area contributed by atoms with Gasteiger partial charge in [-0.3, -0.25) is 4.90 Å². The maximum absolute atomic E-state index is 5.94. The predicted molar refractivity (Wildman–Crippen MR) is 71.5 cm³/mol. The van der Waals surface area contributed by atoms with Gasteiger partial charge in [0.1, 0.15) is 0 Å². The summed E-state index contributed by atoms with van der Waals surface area (Å²) in [7, 11) is 0. The molecule has 0 fully saturated rings. The number of hydrogen-bond acceptors (Lipinski definition) is 3. The van der Waals surface area contributed by atoms with Gasteiger partial charge in [-0.15, -0.1) is 22.7 Å². The van der Waals surface area contributed by atoms with Crippen LogP contribution in [0.5, 0.6) is 0 Å². The Morgan fingerprint density at radius 3 is 3.06 bits per heavy atom. The lowest BCUT2D eigenvalue weighted by atomic mass is 10.1. The molecule has 0 aliphatic carbocycles. The first kappa shape index (κ1) is 10.8. The third kappa shape index (κ3) is 2.18. The standard InChI is InChI=1S/C12H12ClNS2/c13-12-2-1-10(16-12)8-14-5-3-11-9(7-14)4-6-15-11/h1-2,4,6H,3,5,7-8H2. The molecule has 1 nitrogen and oxygen atoms in total. The Hall–Kier alpha value is -0.350. The van der Waals surface area contributed by atoms with Gasteiger partial charge in [0.25, 0.3) is 0 Å². The molecule has 0 atom stereocenters. The van der Waals surface area contributed by atoms with Crippen molar-refractivity contribution in [3.63, 3.8) is 0 Å². The summed E-state index contributed by atoms with van der Waals surface area (Å²) in [6.45, 7) is 3.30. The highest BCUT2D eigenvalue weighted by molar-refractivity contribution is 7.16. The van der Waals surface area contributed by atoms with Crippen molar-refractivity contribution in [3.05, 3.63) is 43.2 Å². The summed E-state index contributed by atoms with van der Waals surface area (Å²) in [6, 6.07) is 6.38. The highest BCUT2D eigenvalue weighted by atomic mass is 35.5. The number of hydrogen-bond donors (Lipinski definition) is 0. The zero-order valence-corrected chi connectivity index (χ0v) is 11.2. The van der Waals surface area contributed by atoms with E-state index in [1.54, 1.807) is 16.2 Å². The smallest absolute Gasteiger partial charge is 0.0931 e. The van der Waals surface area contributed by atoms with Crippen LogP contribution < -0.4 is 0 Å². The number of thiophene rings is 2. The fraction of sp³-hybridized carbons (Fsp3) is 0.333. The molecule has 2 aromatic rings. The zero-order chi connectivity index (χ0) is 11.0. The first-order chi connectivity index (χ1) is 7.81. The van der Waals surface area contributed by atoms with Crippen molar-refractivity contribution < 1.29 is 0 Å². The van der Waals surface area contributed by atoms with E-state index in [1.165, 1.54) is 23.4 Å². The van der Waals surface area contributed by atoms with Crippen LogP contribution in [-0.2, 0) is 19.5 Å². The summed E-state index contributed by atoms with van der Waals surface area (Å²) >= 11 is 9.53. The SMILES string of the molecule is Clc1ccc(CN2CCc3sccc3C2)s1. The minimum atomic E-state index is 0.892. The van der Waals surface area contributed by atoms with Crippen molar-refractivity contribution in [1.82, 2.24) is 4.90 Å². The van der Waals surface area contributed by atoms with Crippen LogP contribution in [0, 0.1) is 0 Å². The monoisotopic (exact) mass is 269 g/mol. The van der Waals surface area contributed by atoms with Crippen LogP contribution in [0.3, 0.4) is 0 Å². The normalized spacial score (nSPS) is 16.3. The summed E-state index contributed by atoms with van der Waals surface area (Å²) in [4.78, 5) is 5.43. The maximum atomic E-state index is 5.94. The molecule has 0 amide bonds. The second-order valence-electron chi connectivity index (χ2n) is 4.04. The van der Waals surface area contributed by atoms with Gasteiger partial charge < -0.3 is 0 Å². The molecule has 0 radical (unpaired) electrons. The third-order valence-corrected chi connectivity index (χ3v) is 5.13. The first-order valence-corrected chi connectivity index (χ1v) is 7.40. The van der Waals surface area contributed by atoms with Gasteiger partial charge in [-0.2, -0.15) is 0 Å². The van der Waals surface area contributed by atoms with Crippen LogP contribution in [0.2, 0.25) is 4.34 Å². The maximum Gasteiger partial charge on any atom is 0.0931 e. The summed E-state index contributed by atoms with van der Waals surface area (Å²) in [5.41, 5.74) is 1.51. The number of fused-ring (bicyclic) bond motifs is 1. The molecule has 4 heteroatoms. The van der Waals surface area contributed by atoms with Crippen molar-refractivity contribution in [3.8, 4) is 0 Å². The third-order valence-electron chi connectivity index (χ3n) is 2.90. The van der Waals surface area contributed by atoms with Gasteiger partial charge in [0.2, 0.25) is 0 Å². The first-order valence-electron chi connectivity index (χ1n) is 5.33. The number of nitrogens with zero attached hydrogens (tertiary/aromatic N) is 1. The van der Waals surface area contributed by atoms with Crippen molar-refractivity contribution >= 4 is 34.3 Å². The number of halogens is 1. The Kier molecular flexibility index (Phi) is 3.03. The van der Waals surface area contributed by atoms with Gasteiger partial charge >= 0.3 is 0 Å². The van der Waals surface area contributed by atoms with Crippen molar-refractivity contribution in [2.75, 3.05) is 6.54 Å².